The van der Waals surface area contributed by atoms with Gasteiger partial charge >= 0.3 is 0 Å². The molecule has 0 spiro atoms. The van der Waals surface area contributed by atoms with Crippen LogP contribution in [-0.4, -0.2) is 20.1 Å². The van der Waals surface area contributed by atoms with Crippen molar-refractivity contribution in [2.24, 2.45) is 0 Å². The minimum atomic E-state index is 0.166. The van der Waals surface area contributed by atoms with Gasteiger partial charge in [0, 0.05) is 17.3 Å². The zero-order valence-corrected chi connectivity index (χ0v) is 13.2. The number of rotatable bonds is 2. The normalized spacial score (nSPS) is 10.6. The van der Waals surface area contributed by atoms with Crippen LogP contribution in [0.3, 0.4) is 0 Å². The fourth-order valence-corrected chi connectivity index (χ4v) is 3.31. The lowest BCUT2D eigenvalue weighted by molar-refractivity contribution is 0.475. The predicted molar refractivity (Wildman–Crippen MR) is 92.5 cm³/mol. The van der Waals surface area contributed by atoms with Crippen molar-refractivity contribution in [3.05, 3.63) is 59.7 Å². The third-order valence-electron chi connectivity index (χ3n) is 3.56. The molecule has 0 unspecified atom stereocenters. The van der Waals surface area contributed by atoms with E-state index < -0.39 is 0 Å². The quantitative estimate of drug-likeness (QED) is 0.601. The zero-order valence-electron chi connectivity index (χ0n) is 12.3. The van der Waals surface area contributed by atoms with E-state index in [1.54, 1.807) is 41.8 Å². The third-order valence-corrected chi connectivity index (χ3v) is 4.47. The molecule has 0 saturated heterocycles. The van der Waals surface area contributed by atoms with Crippen LogP contribution in [0.5, 0.6) is 5.75 Å². The molecule has 0 aliphatic carbocycles. The Labute approximate surface area is 141 Å². The molecule has 0 aliphatic heterocycles. The fraction of sp³-hybridized carbons (Fsp3) is 0. The van der Waals surface area contributed by atoms with Gasteiger partial charge in [-0.2, -0.15) is 5.26 Å². The van der Waals surface area contributed by atoms with Crippen LogP contribution in [0.2, 0.25) is 0 Å². The number of pyridine rings is 1. The maximum Gasteiger partial charge on any atom is 0.160 e. The molecule has 24 heavy (non-hydrogen) atoms. The van der Waals surface area contributed by atoms with E-state index in [1.807, 2.05) is 29.6 Å². The van der Waals surface area contributed by atoms with Crippen molar-refractivity contribution in [2.45, 2.75) is 0 Å². The molecule has 0 radical (unpaired) electrons. The Hall–Kier alpha value is -3.30. The first kappa shape index (κ1) is 14.3. The van der Waals surface area contributed by atoms with Gasteiger partial charge in [0.05, 0.1) is 15.9 Å². The van der Waals surface area contributed by atoms with E-state index >= 15 is 0 Å². The highest BCUT2D eigenvalue weighted by atomic mass is 32.1. The Bertz CT molecular complexity index is 1100. The van der Waals surface area contributed by atoms with Gasteiger partial charge in [-0.1, -0.05) is 12.1 Å². The summed E-state index contributed by atoms with van der Waals surface area (Å²) >= 11 is 1.55. The van der Waals surface area contributed by atoms with Crippen LogP contribution in [-0.2, 0) is 0 Å². The van der Waals surface area contributed by atoms with Gasteiger partial charge in [0.2, 0.25) is 0 Å². The van der Waals surface area contributed by atoms with Crippen molar-refractivity contribution < 1.29 is 5.11 Å². The van der Waals surface area contributed by atoms with Crippen molar-refractivity contribution in [1.82, 2.24) is 15.0 Å². The lowest BCUT2D eigenvalue weighted by Gasteiger charge is -2.07. The molecule has 4 aromatic rings. The topological polar surface area (TPSA) is 82.7 Å². The summed E-state index contributed by atoms with van der Waals surface area (Å²) in [5, 5.41) is 20.7. The van der Waals surface area contributed by atoms with Crippen molar-refractivity contribution in [3.8, 4) is 34.5 Å². The number of hydrogen-bond acceptors (Lipinski definition) is 6. The lowest BCUT2D eigenvalue weighted by Crippen LogP contribution is -1.94. The molecule has 6 heteroatoms. The van der Waals surface area contributed by atoms with E-state index in [4.69, 9.17) is 5.26 Å². The summed E-state index contributed by atoms with van der Waals surface area (Å²) in [6.45, 7) is 0. The second-order valence-electron chi connectivity index (χ2n) is 5.12. The molecule has 3 heterocycles. The van der Waals surface area contributed by atoms with Gasteiger partial charge in [-0.3, -0.25) is 0 Å². The second kappa shape index (κ2) is 5.72. The van der Waals surface area contributed by atoms with E-state index in [0.29, 0.717) is 11.5 Å². The van der Waals surface area contributed by atoms with E-state index in [0.717, 1.165) is 27.0 Å². The fourth-order valence-electron chi connectivity index (χ4n) is 2.47. The molecular formula is C18H10N4OS. The Morgan fingerprint density at radius 2 is 1.96 bits per heavy atom. The number of aromatic nitrogens is 3. The number of hydrogen-bond donors (Lipinski definition) is 1. The van der Waals surface area contributed by atoms with E-state index in [1.165, 1.54) is 0 Å². The molecular weight excluding hydrogens is 320 g/mol. The summed E-state index contributed by atoms with van der Waals surface area (Å²) in [5.41, 5.74) is 3.48. The summed E-state index contributed by atoms with van der Waals surface area (Å²) < 4.78 is 0.953. The molecule has 114 valence electrons. The number of benzene rings is 1. The van der Waals surface area contributed by atoms with Gasteiger partial charge in [-0.25, -0.2) is 15.0 Å². The van der Waals surface area contributed by atoms with Crippen LogP contribution in [0.25, 0.3) is 32.9 Å². The highest BCUT2D eigenvalue weighted by Crippen LogP contribution is 2.33. The second-order valence-corrected chi connectivity index (χ2v) is 6.04. The Kier molecular flexibility index (Phi) is 3.41. The average molecular weight is 330 g/mol. The minimum Gasteiger partial charge on any atom is -0.508 e. The first-order chi connectivity index (χ1) is 11.7. The summed E-state index contributed by atoms with van der Waals surface area (Å²) in [4.78, 5) is 13.3. The van der Waals surface area contributed by atoms with Crippen LogP contribution in [0.4, 0.5) is 0 Å². The van der Waals surface area contributed by atoms with Crippen molar-refractivity contribution in [1.29, 1.82) is 5.26 Å². The number of aromatic hydroxyl groups is 1. The first-order valence-corrected chi connectivity index (χ1v) is 8.04. The van der Waals surface area contributed by atoms with Crippen LogP contribution in [0, 0.1) is 11.3 Å². The van der Waals surface area contributed by atoms with Gasteiger partial charge in [-0.15, -0.1) is 11.3 Å². The number of fused-ring (bicyclic) bond motifs is 1. The van der Waals surface area contributed by atoms with Crippen LogP contribution >= 0.6 is 11.3 Å². The first-order valence-electron chi connectivity index (χ1n) is 7.16. The standard InChI is InChI=1S/C18H10N4OS/c19-10-13-8-11(4-6-20-13)16-17-15(5-7-24-17)21-18(22-16)12-2-1-3-14(23)9-12/h1-9,23H. The lowest BCUT2D eigenvalue weighted by atomic mass is 10.1. The molecule has 4 rings (SSSR count). The van der Waals surface area contributed by atoms with Gasteiger partial charge in [-0.05, 0) is 35.7 Å². The molecule has 0 bridgehead atoms. The maximum atomic E-state index is 9.70. The Balaban J connectivity index is 1.98. The summed E-state index contributed by atoms with van der Waals surface area (Å²) in [7, 11) is 0. The van der Waals surface area contributed by atoms with Crippen LogP contribution < -0.4 is 0 Å². The van der Waals surface area contributed by atoms with Gasteiger partial charge < -0.3 is 5.11 Å². The number of nitriles is 1. The Morgan fingerprint density at radius 3 is 2.79 bits per heavy atom. The molecule has 0 fully saturated rings. The summed E-state index contributed by atoms with van der Waals surface area (Å²) in [6.07, 6.45) is 1.60. The van der Waals surface area contributed by atoms with Gasteiger partial charge in [0.15, 0.2) is 5.82 Å². The monoisotopic (exact) mass is 330 g/mol. The number of thiophene rings is 1. The molecule has 5 nitrogen and oxygen atoms in total. The average Bonchev–Trinajstić information content (AvgIpc) is 3.09. The zero-order chi connectivity index (χ0) is 16.5. The molecule has 0 saturated carbocycles. The van der Waals surface area contributed by atoms with Gasteiger partial charge in [0.1, 0.15) is 17.5 Å². The minimum absolute atomic E-state index is 0.166. The van der Waals surface area contributed by atoms with Gasteiger partial charge in [0.25, 0.3) is 0 Å². The van der Waals surface area contributed by atoms with E-state index in [2.05, 4.69) is 15.0 Å². The molecule has 0 amide bonds. The highest BCUT2D eigenvalue weighted by molar-refractivity contribution is 7.17. The summed E-state index contributed by atoms with van der Waals surface area (Å²) in [5.74, 6) is 0.695. The molecule has 1 N–H and O–H groups in total. The van der Waals surface area contributed by atoms with Crippen molar-refractivity contribution >= 4 is 21.6 Å². The maximum absolute atomic E-state index is 9.70. The van der Waals surface area contributed by atoms with E-state index in [-0.39, 0.29) is 5.75 Å². The summed E-state index contributed by atoms with van der Waals surface area (Å²) in [6, 6.07) is 14.4. The smallest absolute Gasteiger partial charge is 0.160 e. The SMILES string of the molecule is N#Cc1cc(-c2nc(-c3cccc(O)c3)nc3ccsc23)ccn1. The molecule has 1 aromatic carbocycles. The number of phenolic OH excluding ortho intramolecular Hbond substituents is 1. The van der Waals surface area contributed by atoms with Crippen molar-refractivity contribution in [2.75, 3.05) is 0 Å². The largest absolute Gasteiger partial charge is 0.508 e. The highest BCUT2D eigenvalue weighted by Gasteiger charge is 2.13. The van der Waals surface area contributed by atoms with Crippen molar-refractivity contribution in [3.63, 3.8) is 0 Å². The van der Waals surface area contributed by atoms with E-state index in [9.17, 15) is 5.11 Å². The number of nitrogens with zero attached hydrogens (tertiary/aromatic N) is 4. The van der Waals surface area contributed by atoms with Crippen LogP contribution in [0.1, 0.15) is 5.69 Å². The Morgan fingerprint density at radius 1 is 1.04 bits per heavy atom. The third kappa shape index (κ3) is 2.47. The molecule has 0 atom stereocenters. The van der Waals surface area contributed by atoms with Crippen LogP contribution in [0.15, 0.2) is 54.0 Å². The number of phenols is 1. The molecule has 0 aliphatic rings. The predicted octanol–water partition coefficient (Wildman–Crippen LogP) is 4.00. The molecule has 3 aromatic heterocycles.